The molecule has 2 aromatic carbocycles. The molecule has 0 bridgehead atoms. The normalized spacial score (nSPS) is 10.6. The number of carbonyl (C=O) groups excluding carboxylic acids is 1. The summed E-state index contributed by atoms with van der Waals surface area (Å²) < 4.78 is 18.5. The average molecular weight is 318 g/mol. The molecule has 4 nitrogen and oxygen atoms in total. The average Bonchev–Trinajstić information content (AvgIpc) is 2.48. The second-order valence-corrected chi connectivity index (χ2v) is 5.02. The lowest BCUT2D eigenvalue weighted by molar-refractivity contribution is 0.0997. The van der Waals surface area contributed by atoms with Gasteiger partial charge in [0.15, 0.2) is 11.2 Å². The van der Waals surface area contributed by atoms with Crippen molar-refractivity contribution in [3.8, 4) is 0 Å². The second kappa shape index (κ2) is 5.61. The second-order valence-electron chi connectivity index (χ2n) is 4.58. The zero-order valence-electron chi connectivity index (χ0n) is 11.1. The highest BCUT2D eigenvalue weighted by Gasteiger charge is 2.13. The highest BCUT2D eigenvalue weighted by molar-refractivity contribution is 6.31. The summed E-state index contributed by atoms with van der Waals surface area (Å²) in [6.45, 7) is 0. The van der Waals surface area contributed by atoms with Crippen molar-refractivity contribution in [2.45, 2.75) is 0 Å². The number of benzene rings is 2. The Bertz CT molecular complexity index is 936. The van der Waals surface area contributed by atoms with E-state index in [9.17, 15) is 14.0 Å². The topological polar surface area (TPSA) is 59.3 Å². The van der Waals surface area contributed by atoms with Gasteiger partial charge in [-0.05, 0) is 36.4 Å². The molecule has 0 saturated carbocycles. The van der Waals surface area contributed by atoms with Crippen LogP contribution in [0.25, 0.3) is 11.0 Å². The van der Waals surface area contributed by atoms with Crippen molar-refractivity contribution in [3.05, 3.63) is 75.4 Å². The lowest BCUT2D eigenvalue weighted by atomic mass is 10.2. The van der Waals surface area contributed by atoms with E-state index in [2.05, 4.69) is 5.32 Å². The van der Waals surface area contributed by atoms with Crippen LogP contribution in [0.2, 0.25) is 5.02 Å². The molecule has 6 heteroatoms. The lowest BCUT2D eigenvalue weighted by Gasteiger charge is -2.05. The first kappa shape index (κ1) is 14.3. The van der Waals surface area contributed by atoms with Gasteiger partial charge in [0.2, 0.25) is 0 Å². The molecule has 0 aliphatic rings. The van der Waals surface area contributed by atoms with Crippen LogP contribution in [-0.2, 0) is 0 Å². The first-order valence-corrected chi connectivity index (χ1v) is 6.71. The van der Waals surface area contributed by atoms with Crippen molar-refractivity contribution in [1.82, 2.24) is 0 Å². The maximum absolute atomic E-state index is 13.1. The molecule has 0 spiro atoms. The summed E-state index contributed by atoms with van der Waals surface area (Å²) in [4.78, 5) is 24.1. The SMILES string of the molecule is O=C(Nc1cccc(F)c1)c1cc(=O)c2cc(Cl)ccc2o1. The molecule has 0 fully saturated rings. The number of nitrogens with one attached hydrogen (secondary N) is 1. The van der Waals surface area contributed by atoms with Gasteiger partial charge < -0.3 is 9.73 Å². The summed E-state index contributed by atoms with van der Waals surface area (Å²) in [5.41, 5.74) is 0.137. The van der Waals surface area contributed by atoms with Gasteiger partial charge in [0, 0.05) is 16.8 Å². The number of halogens is 2. The van der Waals surface area contributed by atoms with E-state index in [1.807, 2.05) is 0 Å². The molecular formula is C16H9ClFNO3. The number of carbonyl (C=O) groups is 1. The Morgan fingerprint density at radius 1 is 1.14 bits per heavy atom. The highest BCUT2D eigenvalue weighted by Crippen LogP contribution is 2.18. The molecule has 1 heterocycles. The van der Waals surface area contributed by atoms with E-state index in [1.165, 1.54) is 30.3 Å². The molecule has 3 aromatic rings. The van der Waals surface area contributed by atoms with Crippen LogP contribution in [0, 0.1) is 5.82 Å². The fourth-order valence-electron chi connectivity index (χ4n) is 2.00. The van der Waals surface area contributed by atoms with Crippen molar-refractivity contribution < 1.29 is 13.6 Å². The Labute approximate surface area is 129 Å². The summed E-state index contributed by atoms with van der Waals surface area (Å²) in [6.07, 6.45) is 0. The van der Waals surface area contributed by atoms with E-state index in [-0.39, 0.29) is 27.8 Å². The van der Waals surface area contributed by atoms with Gasteiger partial charge >= 0.3 is 0 Å². The van der Waals surface area contributed by atoms with E-state index >= 15 is 0 Å². The molecule has 0 saturated heterocycles. The Morgan fingerprint density at radius 3 is 2.73 bits per heavy atom. The van der Waals surface area contributed by atoms with Gasteiger partial charge in [0.1, 0.15) is 11.4 Å². The number of amides is 1. The summed E-state index contributed by atoms with van der Waals surface area (Å²) in [5, 5.41) is 3.15. The van der Waals surface area contributed by atoms with Crippen molar-refractivity contribution in [3.63, 3.8) is 0 Å². The molecule has 1 aromatic heterocycles. The first-order valence-electron chi connectivity index (χ1n) is 6.33. The molecule has 0 aliphatic carbocycles. The predicted octanol–water partition coefficient (Wildman–Crippen LogP) is 3.84. The third kappa shape index (κ3) is 2.84. The molecule has 0 radical (unpaired) electrons. The van der Waals surface area contributed by atoms with Gasteiger partial charge in [-0.2, -0.15) is 0 Å². The van der Waals surface area contributed by atoms with Gasteiger partial charge in [0.25, 0.3) is 5.91 Å². The molecule has 3 rings (SSSR count). The van der Waals surface area contributed by atoms with Gasteiger partial charge in [-0.3, -0.25) is 9.59 Å². The Kier molecular flexibility index (Phi) is 3.65. The van der Waals surface area contributed by atoms with Crippen molar-refractivity contribution in [2.75, 3.05) is 5.32 Å². The summed E-state index contributed by atoms with van der Waals surface area (Å²) in [6, 6.07) is 11.0. The van der Waals surface area contributed by atoms with Crippen LogP contribution in [0.4, 0.5) is 10.1 Å². The zero-order chi connectivity index (χ0) is 15.7. The first-order chi connectivity index (χ1) is 10.5. The minimum atomic E-state index is -0.639. The van der Waals surface area contributed by atoms with Crippen molar-refractivity contribution in [1.29, 1.82) is 0 Å². The molecule has 1 N–H and O–H groups in total. The zero-order valence-corrected chi connectivity index (χ0v) is 11.9. The van der Waals surface area contributed by atoms with Gasteiger partial charge in [0.05, 0.1) is 5.39 Å². The maximum Gasteiger partial charge on any atom is 0.291 e. The largest absolute Gasteiger partial charge is 0.451 e. The minimum absolute atomic E-state index is 0.163. The van der Waals surface area contributed by atoms with Crippen LogP contribution in [0.5, 0.6) is 0 Å². The highest BCUT2D eigenvalue weighted by atomic mass is 35.5. The van der Waals surface area contributed by atoms with Gasteiger partial charge in [-0.1, -0.05) is 17.7 Å². The molecule has 0 unspecified atom stereocenters. The van der Waals surface area contributed by atoms with Crippen molar-refractivity contribution in [2.24, 2.45) is 0 Å². The minimum Gasteiger partial charge on any atom is -0.451 e. The molecule has 110 valence electrons. The summed E-state index contributed by atoms with van der Waals surface area (Å²) in [5.74, 6) is -1.28. The maximum atomic E-state index is 13.1. The standard InChI is InChI=1S/C16H9ClFNO3/c17-9-4-5-14-12(6-9)13(20)8-15(22-14)16(21)19-11-3-1-2-10(18)7-11/h1-8H,(H,19,21). The smallest absolute Gasteiger partial charge is 0.291 e. The predicted molar refractivity (Wildman–Crippen MR) is 81.8 cm³/mol. The lowest BCUT2D eigenvalue weighted by Crippen LogP contribution is -2.15. The molecule has 22 heavy (non-hydrogen) atoms. The van der Waals surface area contributed by atoms with Crippen LogP contribution in [0.1, 0.15) is 10.6 Å². The van der Waals surface area contributed by atoms with Gasteiger partial charge in [-0.15, -0.1) is 0 Å². The van der Waals surface area contributed by atoms with Crippen LogP contribution in [0.15, 0.2) is 57.7 Å². The fraction of sp³-hybridized carbons (Fsp3) is 0. The van der Waals surface area contributed by atoms with E-state index in [4.69, 9.17) is 16.0 Å². The number of anilines is 1. The third-order valence-corrected chi connectivity index (χ3v) is 3.23. The van der Waals surface area contributed by atoms with Crippen LogP contribution in [0.3, 0.4) is 0 Å². The van der Waals surface area contributed by atoms with Crippen molar-refractivity contribution >= 4 is 34.2 Å². The number of hydrogen-bond donors (Lipinski definition) is 1. The number of hydrogen-bond acceptors (Lipinski definition) is 3. The molecular weight excluding hydrogens is 309 g/mol. The quantitative estimate of drug-likeness (QED) is 0.781. The molecule has 0 aliphatic heterocycles. The van der Waals surface area contributed by atoms with E-state index < -0.39 is 11.7 Å². The Morgan fingerprint density at radius 2 is 1.95 bits per heavy atom. The number of rotatable bonds is 2. The van der Waals surface area contributed by atoms with Gasteiger partial charge in [-0.25, -0.2) is 4.39 Å². The van der Waals surface area contributed by atoms with E-state index in [0.717, 1.165) is 12.1 Å². The Hall–Kier alpha value is -2.66. The monoisotopic (exact) mass is 317 g/mol. The van der Waals surface area contributed by atoms with E-state index in [0.29, 0.717) is 5.02 Å². The van der Waals surface area contributed by atoms with Crippen LogP contribution < -0.4 is 10.7 Å². The summed E-state index contributed by atoms with van der Waals surface area (Å²) in [7, 11) is 0. The third-order valence-electron chi connectivity index (χ3n) is 3.00. The molecule has 1 amide bonds. The summed E-state index contributed by atoms with van der Waals surface area (Å²) >= 11 is 5.82. The van der Waals surface area contributed by atoms with E-state index in [1.54, 1.807) is 6.07 Å². The van der Waals surface area contributed by atoms with Crippen LogP contribution in [-0.4, -0.2) is 5.91 Å². The van der Waals surface area contributed by atoms with Crippen LogP contribution >= 0.6 is 11.6 Å². The Balaban J connectivity index is 1.98. The fourth-order valence-corrected chi connectivity index (χ4v) is 2.17. The number of fused-ring (bicyclic) bond motifs is 1. The molecule has 0 atom stereocenters.